The predicted octanol–water partition coefficient (Wildman–Crippen LogP) is 4.40. The van der Waals surface area contributed by atoms with E-state index in [0.717, 1.165) is 36.1 Å². The van der Waals surface area contributed by atoms with Crippen LogP contribution in [0.3, 0.4) is 0 Å². The molecule has 34 heavy (non-hydrogen) atoms. The van der Waals surface area contributed by atoms with Crippen molar-refractivity contribution in [2.24, 2.45) is 0 Å². The van der Waals surface area contributed by atoms with Gasteiger partial charge in [0.1, 0.15) is 16.7 Å². The van der Waals surface area contributed by atoms with Crippen molar-refractivity contribution in [2.75, 3.05) is 18.9 Å². The van der Waals surface area contributed by atoms with Crippen molar-refractivity contribution in [1.82, 2.24) is 14.7 Å². The van der Waals surface area contributed by atoms with Crippen LogP contribution in [-0.2, 0) is 9.53 Å². The molecule has 7 nitrogen and oxygen atoms in total. The molecule has 1 amide bonds. The molecule has 0 N–H and O–H groups in total. The lowest BCUT2D eigenvalue weighted by Gasteiger charge is -2.26. The summed E-state index contributed by atoms with van der Waals surface area (Å²) in [6.45, 7) is 1.28. The van der Waals surface area contributed by atoms with Crippen LogP contribution in [-0.4, -0.2) is 45.6 Å². The van der Waals surface area contributed by atoms with E-state index in [1.54, 1.807) is 22.5 Å². The Morgan fingerprint density at radius 3 is 2.71 bits per heavy atom. The van der Waals surface area contributed by atoms with Crippen molar-refractivity contribution in [3.8, 4) is 16.9 Å². The first kappa shape index (κ1) is 21.2. The number of para-hydroxylation sites is 2. The second kappa shape index (κ2) is 8.77. The van der Waals surface area contributed by atoms with Crippen molar-refractivity contribution in [3.63, 3.8) is 0 Å². The van der Waals surface area contributed by atoms with Gasteiger partial charge in [0, 0.05) is 30.3 Å². The first-order chi connectivity index (χ1) is 16.7. The molecule has 0 saturated carbocycles. The molecule has 4 heterocycles. The monoisotopic (exact) mass is 473 g/mol. The second-order valence-corrected chi connectivity index (χ2v) is 9.61. The SMILES string of the molecule is O=C1CS[C@@H](c2cn(-c3ccccc3)nc2-c2cc3ccccc3oc2=O)N1C[C@@H]1CCCO1. The average molecular weight is 474 g/mol. The third-order valence-electron chi connectivity index (χ3n) is 6.32. The van der Waals surface area contributed by atoms with Gasteiger partial charge in [-0.25, -0.2) is 9.48 Å². The van der Waals surface area contributed by atoms with E-state index in [1.165, 1.54) is 0 Å². The van der Waals surface area contributed by atoms with Gasteiger partial charge in [0.2, 0.25) is 5.91 Å². The van der Waals surface area contributed by atoms with Gasteiger partial charge in [-0.15, -0.1) is 11.8 Å². The summed E-state index contributed by atoms with van der Waals surface area (Å²) in [6, 6.07) is 19.0. The molecule has 2 aliphatic rings. The van der Waals surface area contributed by atoms with Crippen LogP contribution in [0.5, 0.6) is 0 Å². The zero-order valence-electron chi connectivity index (χ0n) is 18.4. The Kier molecular flexibility index (Phi) is 5.47. The fourth-order valence-corrected chi connectivity index (χ4v) is 5.84. The van der Waals surface area contributed by atoms with Crippen LogP contribution >= 0.6 is 11.8 Å². The fourth-order valence-electron chi connectivity index (χ4n) is 4.63. The van der Waals surface area contributed by atoms with Crippen LogP contribution in [0.25, 0.3) is 27.9 Å². The Labute approximate surface area is 200 Å². The number of nitrogens with zero attached hydrogens (tertiary/aromatic N) is 3. The van der Waals surface area contributed by atoms with Crippen molar-refractivity contribution < 1.29 is 13.9 Å². The summed E-state index contributed by atoms with van der Waals surface area (Å²) in [5.74, 6) is 0.467. The summed E-state index contributed by atoms with van der Waals surface area (Å²) in [5, 5.41) is 5.40. The summed E-state index contributed by atoms with van der Waals surface area (Å²) in [6.07, 6.45) is 3.94. The Morgan fingerprint density at radius 2 is 1.88 bits per heavy atom. The highest BCUT2D eigenvalue weighted by atomic mass is 32.2. The summed E-state index contributed by atoms with van der Waals surface area (Å²) in [4.78, 5) is 27.8. The molecule has 4 aromatic rings. The van der Waals surface area contributed by atoms with E-state index in [4.69, 9.17) is 14.3 Å². The van der Waals surface area contributed by atoms with E-state index in [2.05, 4.69) is 0 Å². The summed E-state index contributed by atoms with van der Waals surface area (Å²) in [5.41, 5.74) is 2.71. The maximum absolute atomic E-state index is 13.0. The third-order valence-corrected chi connectivity index (χ3v) is 7.56. The second-order valence-electron chi connectivity index (χ2n) is 8.54. The van der Waals surface area contributed by atoms with Crippen molar-refractivity contribution in [1.29, 1.82) is 0 Å². The van der Waals surface area contributed by atoms with E-state index >= 15 is 0 Å². The third kappa shape index (κ3) is 3.82. The fraction of sp³-hybridized carbons (Fsp3) is 0.269. The molecule has 0 bridgehead atoms. The lowest BCUT2D eigenvalue weighted by molar-refractivity contribution is -0.129. The van der Waals surface area contributed by atoms with Gasteiger partial charge < -0.3 is 14.1 Å². The summed E-state index contributed by atoms with van der Waals surface area (Å²) >= 11 is 1.56. The molecule has 2 aliphatic heterocycles. The predicted molar refractivity (Wildman–Crippen MR) is 131 cm³/mol. The molecule has 2 fully saturated rings. The van der Waals surface area contributed by atoms with Gasteiger partial charge in [0.25, 0.3) is 0 Å². The quantitative estimate of drug-likeness (QED) is 0.400. The van der Waals surface area contributed by atoms with Crippen LogP contribution in [0.15, 0.2) is 76.1 Å². The highest BCUT2D eigenvalue weighted by molar-refractivity contribution is 8.00. The van der Waals surface area contributed by atoms with Crippen LogP contribution in [0.1, 0.15) is 23.8 Å². The van der Waals surface area contributed by atoms with Gasteiger partial charge in [-0.2, -0.15) is 5.10 Å². The lowest BCUT2D eigenvalue weighted by atomic mass is 10.1. The smallest absolute Gasteiger partial charge is 0.345 e. The largest absolute Gasteiger partial charge is 0.422 e. The minimum absolute atomic E-state index is 0.0449. The first-order valence-electron chi connectivity index (χ1n) is 11.4. The molecule has 0 aliphatic carbocycles. The van der Waals surface area contributed by atoms with Crippen molar-refractivity contribution in [2.45, 2.75) is 24.3 Å². The van der Waals surface area contributed by atoms with E-state index < -0.39 is 5.63 Å². The normalized spacial score (nSPS) is 20.5. The van der Waals surface area contributed by atoms with Gasteiger partial charge in [-0.05, 0) is 37.1 Å². The number of fused-ring (bicyclic) bond motifs is 1. The Balaban J connectivity index is 1.49. The molecule has 0 spiro atoms. The van der Waals surface area contributed by atoms with Crippen LogP contribution in [0.4, 0.5) is 0 Å². The number of hydrogen-bond donors (Lipinski definition) is 0. The minimum atomic E-state index is -0.446. The number of rotatable bonds is 5. The van der Waals surface area contributed by atoms with Gasteiger partial charge >= 0.3 is 5.63 Å². The minimum Gasteiger partial charge on any atom is -0.422 e. The van der Waals surface area contributed by atoms with Gasteiger partial charge in [-0.1, -0.05) is 36.4 Å². The zero-order valence-corrected chi connectivity index (χ0v) is 19.2. The molecule has 6 rings (SSSR count). The Morgan fingerprint density at radius 1 is 1.06 bits per heavy atom. The maximum Gasteiger partial charge on any atom is 0.345 e. The van der Waals surface area contributed by atoms with Crippen molar-refractivity contribution in [3.05, 3.63) is 82.8 Å². The van der Waals surface area contributed by atoms with E-state index in [-0.39, 0.29) is 17.4 Å². The van der Waals surface area contributed by atoms with E-state index in [9.17, 15) is 9.59 Å². The first-order valence-corrected chi connectivity index (χ1v) is 12.4. The summed E-state index contributed by atoms with van der Waals surface area (Å²) in [7, 11) is 0. The van der Waals surface area contributed by atoms with Gasteiger partial charge in [0.05, 0.1) is 23.1 Å². The number of hydrogen-bond acceptors (Lipinski definition) is 6. The lowest BCUT2D eigenvalue weighted by Crippen LogP contribution is -2.35. The number of thioether (sulfide) groups is 1. The van der Waals surface area contributed by atoms with Gasteiger partial charge in [-0.3, -0.25) is 4.79 Å². The molecule has 2 saturated heterocycles. The van der Waals surface area contributed by atoms with E-state index in [1.807, 2.05) is 65.7 Å². The van der Waals surface area contributed by atoms with E-state index in [0.29, 0.717) is 29.1 Å². The number of ether oxygens (including phenoxy) is 1. The maximum atomic E-state index is 13.0. The number of carbonyl (C=O) groups excluding carboxylic acids is 1. The molecule has 0 unspecified atom stereocenters. The highest BCUT2D eigenvalue weighted by Gasteiger charge is 2.38. The number of carbonyl (C=O) groups is 1. The number of benzene rings is 2. The highest BCUT2D eigenvalue weighted by Crippen LogP contribution is 2.43. The molecular formula is C26H23N3O4S. The molecule has 0 radical (unpaired) electrons. The molecule has 8 heteroatoms. The zero-order chi connectivity index (χ0) is 23.1. The van der Waals surface area contributed by atoms with Crippen LogP contribution in [0.2, 0.25) is 0 Å². The molecule has 172 valence electrons. The summed E-state index contributed by atoms with van der Waals surface area (Å²) < 4.78 is 13.2. The van der Waals surface area contributed by atoms with Gasteiger partial charge in [0.15, 0.2) is 0 Å². The van der Waals surface area contributed by atoms with Crippen LogP contribution in [0, 0.1) is 0 Å². The standard InChI is InChI=1S/C26H23N3O4S/c30-23-16-34-25(28(23)14-19-10-6-12-32-19)21-15-29(18-8-2-1-3-9-18)27-24(21)20-13-17-7-4-5-11-22(17)33-26(20)31/h1-5,7-9,11,13,15,19,25H,6,10,12,14,16H2/t19-,25-/m0/s1. The van der Waals surface area contributed by atoms with Crippen molar-refractivity contribution >= 4 is 28.6 Å². The molecule has 2 aromatic carbocycles. The molecular weight excluding hydrogens is 450 g/mol. The molecule has 2 aromatic heterocycles. The topological polar surface area (TPSA) is 77.6 Å². The Hall–Kier alpha value is -3.36. The van der Waals surface area contributed by atoms with Crippen LogP contribution < -0.4 is 5.63 Å². The average Bonchev–Trinajstić information content (AvgIpc) is 3.61. The Bertz CT molecular complexity index is 1410. The number of amides is 1. The molecule has 2 atom stereocenters. The number of aromatic nitrogens is 2.